The Morgan fingerprint density at radius 2 is 1.64 bits per heavy atom. The quantitative estimate of drug-likeness (QED) is 0.524. The third-order valence-corrected chi connectivity index (χ3v) is 6.71. The fourth-order valence-corrected chi connectivity index (χ4v) is 4.50. The zero-order chi connectivity index (χ0) is 20.0. The Balaban J connectivity index is 1.52. The summed E-state index contributed by atoms with van der Waals surface area (Å²) < 4.78 is 37.6. The van der Waals surface area contributed by atoms with E-state index in [-0.39, 0.29) is 18.1 Å². The van der Waals surface area contributed by atoms with Crippen molar-refractivity contribution >= 4 is 16.0 Å². The Hall–Kier alpha value is -2.38. The minimum Gasteiger partial charge on any atom is -0.490 e. The summed E-state index contributed by atoms with van der Waals surface area (Å²) in [5.41, 5.74) is 0.311. The fraction of sp³-hybridized carbons (Fsp3) is 0.381. The van der Waals surface area contributed by atoms with Gasteiger partial charge in [0, 0.05) is 13.1 Å². The summed E-state index contributed by atoms with van der Waals surface area (Å²) >= 11 is 0. The lowest BCUT2D eigenvalue weighted by Crippen LogP contribution is -2.37. The van der Waals surface area contributed by atoms with Gasteiger partial charge in [-0.3, -0.25) is 0 Å². The molecule has 0 N–H and O–H groups in total. The number of hydrogen-bond acceptors (Lipinski definition) is 5. The van der Waals surface area contributed by atoms with E-state index < -0.39 is 16.0 Å². The molecule has 1 saturated heterocycles. The van der Waals surface area contributed by atoms with Crippen molar-refractivity contribution in [2.75, 3.05) is 26.3 Å². The van der Waals surface area contributed by atoms with Gasteiger partial charge >= 0.3 is 5.97 Å². The predicted molar refractivity (Wildman–Crippen MR) is 106 cm³/mol. The Bertz CT molecular complexity index is 873. The van der Waals surface area contributed by atoms with Crippen LogP contribution in [-0.4, -0.2) is 45.0 Å². The number of hydrogen-bond donors (Lipinski definition) is 0. The first-order valence-corrected chi connectivity index (χ1v) is 10.9. The number of carbonyl (C=O) groups excluding carboxylic acids is 1. The zero-order valence-corrected chi connectivity index (χ0v) is 16.7. The number of sulfonamides is 1. The van der Waals surface area contributed by atoms with Crippen molar-refractivity contribution in [2.24, 2.45) is 5.92 Å². The summed E-state index contributed by atoms with van der Waals surface area (Å²) in [5.74, 6) is 0.752. The number of piperidine rings is 1. The van der Waals surface area contributed by atoms with Gasteiger partial charge in [-0.05, 0) is 55.2 Å². The van der Waals surface area contributed by atoms with Crippen LogP contribution in [0.2, 0.25) is 0 Å². The number of para-hydroxylation sites is 1. The first-order chi connectivity index (χ1) is 13.5. The number of benzene rings is 2. The molecule has 1 aliphatic rings. The van der Waals surface area contributed by atoms with Gasteiger partial charge in [-0.15, -0.1) is 0 Å². The molecule has 1 heterocycles. The van der Waals surface area contributed by atoms with Crippen molar-refractivity contribution in [1.82, 2.24) is 4.31 Å². The van der Waals surface area contributed by atoms with Crippen LogP contribution in [0.4, 0.5) is 0 Å². The Kier molecular flexibility index (Phi) is 6.70. The molecule has 0 bridgehead atoms. The largest absolute Gasteiger partial charge is 0.490 e. The van der Waals surface area contributed by atoms with Gasteiger partial charge in [0.25, 0.3) is 0 Å². The number of nitrogens with zero attached hydrogens (tertiary/aromatic N) is 1. The second-order valence-corrected chi connectivity index (χ2v) is 8.85. The first-order valence-electron chi connectivity index (χ1n) is 9.42. The van der Waals surface area contributed by atoms with E-state index in [0.717, 1.165) is 12.8 Å². The smallest absolute Gasteiger partial charge is 0.338 e. The van der Waals surface area contributed by atoms with Gasteiger partial charge in [0.05, 0.1) is 10.5 Å². The normalized spacial score (nSPS) is 15.9. The third kappa shape index (κ3) is 5.11. The lowest BCUT2D eigenvalue weighted by atomic mass is 10.0. The fourth-order valence-electron chi connectivity index (χ4n) is 3.03. The van der Waals surface area contributed by atoms with Crippen molar-refractivity contribution in [3.05, 3.63) is 60.2 Å². The topological polar surface area (TPSA) is 72.9 Å². The van der Waals surface area contributed by atoms with Gasteiger partial charge < -0.3 is 9.47 Å². The SMILES string of the molecule is CC1CCN(S(=O)(=O)c2ccc(C(=O)OCCOc3ccccc3)cc2)CC1. The molecule has 7 heteroatoms. The van der Waals surface area contributed by atoms with Crippen LogP contribution in [0.25, 0.3) is 0 Å². The molecule has 0 aliphatic carbocycles. The van der Waals surface area contributed by atoms with E-state index in [2.05, 4.69) is 6.92 Å². The van der Waals surface area contributed by atoms with Gasteiger partial charge in [-0.2, -0.15) is 4.31 Å². The van der Waals surface area contributed by atoms with E-state index in [1.165, 1.54) is 28.6 Å². The van der Waals surface area contributed by atoms with E-state index in [9.17, 15) is 13.2 Å². The number of ether oxygens (including phenoxy) is 2. The average Bonchev–Trinajstić information content (AvgIpc) is 2.72. The van der Waals surface area contributed by atoms with E-state index >= 15 is 0 Å². The van der Waals surface area contributed by atoms with E-state index in [4.69, 9.17) is 9.47 Å². The van der Waals surface area contributed by atoms with Crippen LogP contribution >= 0.6 is 0 Å². The van der Waals surface area contributed by atoms with E-state index in [0.29, 0.717) is 30.3 Å². The number of esters is 1. The standard InChI is InChI=1S/C21H25NO5S/c1-17-11-13-22(14-12-17)28(24,25)20-9-7-18(8-10-20)21(23)27-16-15-26-19-5-3-2-4-6-19/h2-10,17H,11-16H2,1H3. The second-order valence-electron chi connectivity index (χ2n) is 6.91. The van der Waals surface area contributed by atoms with Gasteiger partial charge in [-0.25, -0.2) is 13.2 Å². The molecule has 0 atom stereocenters. The Morgan fingerprint density at radius 3 is 2.29 bits per heavy atom. The van der Waals surface area contributed by atoms with Crippen LogP contribution < -0.4 is 4.74 Å². The molecule has 1 fully saturated rings. The first kappa shape index (κ1) is 20.4. The lowest BCUT2D eigenvalue weighted by molar-refractivity contribution is 0.0450. The van der Waals surface area contributed by atoms with Crippen molar-refractivity contribution in [1.29, 1.82) is 0 Å². The highest BCUT2D eigenvalue weighted by molar-refractivity contribution is 7.89. The van der Waals surface area contributed by atoms with Crippen LogP contribution in [0, 0.1) is 5.92 Å². The summed E-state index contributed by atoms with van der Waals surface area (Å²) in [6.45, 7) is 3.56. The zero-order valence-electron chi connectivity index (χ0n) is 15.9. The van der Waals surface area contributed by atoms with Crippen LogP contribution in [0.5, 0.6) is 5.75 Å². The maximum absolute atomic E-state index is 12.7. The maximum Gasteiger partial charge on any atom is 0.338 e. The molecule has 2 aromatic carbocycles. The van der Waals surface area contributed by atoms with Gasteiger partial charge in [0.1, 0.15) is 19.0 Å². The van der Waals surface area contributed by atoms with Crippen LogP contribution in [0.3, 0.4) is 0 Å². The van der Waals surface area contributed by atoms with Gasteiger partial charge in [0.2, 0.25) is 10.0 Å². The Morgan fingerprint density at radius 1 is 1.00 bits per heavy atom. The minimum atomic E-state index is -3.52. The predicted octanol–water partition coefficient (Wildman–Crippen LogP) is 3.34. The molecule has 0 unspecified atom stereocenters. The number of rotatable bonds is 7. The third-order valence-electron chi connectivity index (χ3n) is 4.80. The molecule has 150 valence electrons. The summed E-state index contributed by atoms with van der Waals surface area (Å²) in [6.07, 6.45) is 1.74. The molecule has 2 aromatic rings. The van der Waals surface area contributed by atoms with Crippen molar-refractivity contribution in [3.63, 3.8) is 0 Å². The average molecular weight is 404 g/mol. The minimum absolute atomic E-state index is 0.111. The second kappa shape index (κ2) is 9.21. The highest BCUT2D eigenvalue weighted by atomic mass is 32.2. The van der Waals surface area contributed by atoms with E-state index in [1.807, 2.05) is 30.3 Å². The van der Waals surface area contributed by atoms with Gasteiger partial charge in [0.15, 0.2) is 0 Å². The molecule has 0 radical (unpaired) electrons. The van der Waals surface area contributed by atoms with Crippen molar-refractivity contribution in [3.8, 4) is 5.75 Å². The molecule has 1 aliphatic heterocycles. The molecule has 0 spiro atoms. The molecule has 0 aromatic heterocycles. The summed E-state index contributed by atoms with van der Waals surface area (Å²) in [5, 5.41) is 0. The molecular formula is C21H25NO5S. The van der Waals surface area contributed by atoms with Crippen LogP contribution in [0.1, 0.15) is 30.1 Å². The molecule has 0 saturated carbocycles. The number of carbonyl (C=O) groups is 1. The van der Waals surface area contributed by atoms with Crippen molar-refractivity contribution in [2.45, 2.75) is 24.7 Å². The summed E-state index contributed by atoms with van der Waals surface area (Å²) in [7, 11) is -3.52. The lowest BCUT2D eigenvalue weighted by Gasteiger charge is -2.29. The molecule has 3 rings (SSSR count). The molecular weight excluding hydrogens is 378 g/mol. The summed E-state index contributed by atoms with van der Waals surface area (Å²) in [4.78, 5) is 12.3. The molecule has 6 nitrogen and oxygen atoms in total. The maximum atomic E-state index is 12.7. The van der Waals surface area contributed by atoms with E-state index in [1.54, 1.807) is 0 Å². The van der Waals surface area contributed by atoms with Crippen LogP contribution in [-0.2, 0) is 14.8 Å². The summed E-state index contributed by atoms with van der Waals surface area (Å²) in [6, 6.07) is 15.2. The Labute approximate surface area is 166 Å². The van der Waals surface area contributed by atoms with Crippen LogP contribution in [0.15, 0.2) is 59.5 Å². The van der Waals surface area contributed by atoms with Gasteiger partial charge in [-0.1, -0.05) is 25.1 Å². The highest BCUT2D eigenvalue weighted by Crippen LogP contribution is 2.23. The van der Waals surface area contributed by atoms with Crippen molar-refractivity contribution < 1.29 is 22.7 Å². The monoisotopic (exact) mass is 403 g/mol. The highest BCUT2D eigenvalue weighted by Gasteiger charge is 2.28. The molecule has 28 heavy (non-hydrogen) atoms. The molecule has 0 amide bonds.